The molecule has 0 amide bonds. The lowest BCUT2D eigenvalue weighted by Gasteiger charge is -2.31. The van der Waals surface area contributed by atoms with Crippen LogP contribution in [0.3, 0.4) is 0 Å². The van der Waals surface area contributed by atoms with Crippen LogP contribution < -0.4 is 10.4 Å². The van der Waals surface area contributed by atoms with E-state index in [0.717, 1.165) is 0 Å². The molecule has 0 bridgehead atoms. The number of rotatable bonds is 12. The summed E-state index contributed by atoms with van der Waals surface area (Å²) >= 11 is 0. The topological polar surface area (TPSA) is 55.4 Å². The van der Waals surface area contributed by atoms with Crippen molar-refractivity contribution in [2.75, 3.05) is 55.9 Å². The molecule has 0 aliphatic rings. The zero-order chi connectivity index (χ0) is 18.1. The molecule has 0 saturated heterocycles. The van der Waals surface area contributed by atoms with Gasteiger partial charge in [-0.3, -0.25) is 0 Å². The van der Waals surface area contributed by atoms with Crippen LogP contribution in [0.2, 0.25) is 0 Å². The summed E-state index contributed by atoms with van der Waals surface area (Å²) in [5.41, 5.74) is -1.26. The highest BCUT2D eigenvalue weighted by atomic mass is 28.2. The van der Waals surface area contributed by atoms with Crippen molar-refractivity contribution in [1.29, 1.82) is 0 Å². The minimum Gasteiger partial charge on any atom is -0.380 e. The summed E-state index contributed by atoms with van der Waals surface area (Å²) in [6.07, 6.45) is 0. The molecular weight excluding hydrogens is 344 g/mol. The maximum atomic E-state index is 5.58. The van der Waals surface area contributed by atoms with Crippen LogP contribution in [-0.4, -0.2) is 85.7 Å². The zero-order valence-electron chi connectivity index (χ0n) is 15.6. The third kappa shape index (κ3) is 5.74. The summed E-state index contributed by atoms with van der Waals surface area (Å²) in [6, 6.07) is 8.56. The largest absolute Gasteiger partial charge is 0.380 e. The van der Waals surface area contributed by atoms with E-state index >= 15 is 0 Å². The highest BCUT2D eigenvalue weighted by molar-refractivity contribution is 6.58. The maximum Gasteiger partial charge on any atom is 0.171 e. The average Bonchev–Trinajstić information content (AvgIpc) is 2.62. The van der Waals surface area contributed by atoms with Crippen molar-refractivity contribution >= 4 is 29.4 Å². The Morgan fingerprint density at radius 3 is 1.12 bits per heavy atom. The molecule has 8 heteroatoms. The highest BCUT2D eigenvalue weighted by Crippen LogP contribution is 2.11. The molecule has 0 saturated carbocycles. The highest BCUT2D eigenvalue weighted by Gasteiger charge is 2.32. The molecule has 6 nitrogen and oxygen atoms in total. The Kier molecular flexibility index (Phi) is 9.31. The molecule has 0 heterocycles. The van der Waals surface area contributed by atoms with E-state index in [1.165, 1.54) is 10.4 Å². The monoisotopic (exact) mass is 374 g/mol. The van der Waals surface area contributed by atoms with Gasteiger partial charge in [0, 0.05) is 42.7 Å². The van der Waals surface area contributed by atoms with Crippen molar-refractivity contribution in [2.45, 2.75) is 10.8 Å². The van der Waals surface area contributed by atoms with E-state index in [2.05, 4.69) is 24.3 Å². The number of hydrogen-bond donors (Lipinski definition) is 0. The van der Waals surface area contributed by atoms with E-state index in [9.17, 15) is 0 Å². The van der Waals surface area contributed by atoms with Crippen LogP contribution in [0.1, 0.15) is 0 Å². The van der Waals surface area contributed by atoms with Gasteiger partial charge in [0.1, 0.15) is 19.0 Å². The van der Waals surface area contributed by atoms with E-state index in [1.54, 1.807) is 42.7 Å². The molecular formula is C16H30O6Si2. The van der Waals surface area contributed by atoms with Gasteiger partial charge in [0.05, 0.1) is 13.2 Å². The van der Waals surface area contributed by atoms with Crippen LogP contribution in [0, 0.1) is 0 Å². The lowest BCUT2D eigenvalue weighted by atomic mass is 10.4. The van der Waals surface area contributed by atoms with E-state index < -0.39 is 29.9 Å². The van der Waals surface area contributed by atoms with Crippen LogP contribution in [0.4, 0.5) is 0 Å². The molecule has 0 spiro atoms. The molecule has 24 heavy (non-hydrogen) atoms. The van der Waals surface area contributed by atoms with Crippen LogP contribution in [0.25, 0.3) is 0 Å². The summed E-state index contributed by atoms with van der Waals surface area (Å²) in [5, 5.41) is 2.50. The standard InChI is InChI=1S/C16H30O6Si2/c1-17-11-15(19-3,20-4)23-13-7-9-14(10-8-13)24-16(21-5,22-6)12-18-2/h7-10H,11-12,23-24H2,1-6H3. The smallest absolute Gasteiger partial charge is 0.171 e. The summed E-state index contributed by atoms with van der Waals surface area (Å²) in [6.45, 7) is 0.847. The molecule has 0 aliphatic heterocycles. The van der Waals surface area contributed by atoms with Crippen LogP contribution in [0.15, 0.2) is 24.3 Å². The molecule has 138 valence electrons. The molecule has 0 fully saturated rings. The Balaban J connectivity index is 2.85. The minimum atomic E-state index is -0.834. The molecule has 0 radical (unpaired) electrons. The fraction of sp³-hybridized carbons (Fsp3) is 0.625. The second-order valence-electron chi connectivity index (χ2n) is 5.67. The maximum absolute atomic E-state index is 5.58. The Hall–Kier alpha value is -0.586. The number of benzene rings is 1. The lowest BCUT2D eigenvalue weighted by Crippen LogP contribution is -2.51. The van der Waals surface area contributed by atoms with E-state index in [4.69, 9.17) is 28.4 Å². The van der Waals surface area contributed by atoms with Crippen LogP contribution in [-0.2, 0) is 28.4 Å². The lowest BCUT2D eigenvalue weighted by molar-refractivity contribution is -0.172. The van der Waals surface area contributed by atoms with Crippen molar-refractivity contribution in [1.82, 2.24) is 0 Å². The summed E-state index contributed by atoms with van der Waals surface area (Å²) in [4.78, 5) is 0. The molecule has 0 atom stereocenters. The van der Waals surface area contributed by atoms with Gasteiger partial charge < -0.3 is 28.4 Å². The van der Waals surface area contributed by atoms with E-state index in [0.29, 0.717) is 13.2 Å². The van der Waals surface area contributed by atoms with Gasteiger partial charge in [-0.1, -0.05) is 34.6 Å². The second-order valence-corrected chi connectivity index (χ2v) is 10.2. The van der Waals surface area contributed by atoms with Gasteiger partial charge in [-0.15, -0.1) is 0 Å². The van der Waals surface area contributed by atoms with Gasteiger partial charge in [0.2, 0.25) is 0 Å². The van der Waals surface area contributed by atoms with Gasteiger partial charge in [-0.2, -0.15) is 0 Å². The van der Waals surface area contributed by atoms with Crippen molar-refractivity contribution < 1.29 is 28.4 Å². The average molecular weight is 375 g/mol. The summed E-state index contributed by atoms with van der Waals surface area (Å²) in [7, 11) is 8.28. The first-order valence-electron chi connectivity index (χ1n) is 7.79. The predicted molar refractivity (Wildman–Crippen MR) is 100 cm³/mol. The van der Waals surface area contributed by atoms with Gasteiger partial charge in [-0.25, -0.2) is 0 Å². The third-order valence-electron chi connectivity index (χ3n) is 4.19. The van der Waals surface area contributed by atoms with E-state index in [-0.39, 0.29) is 0 Å². The molecule has 0 N–H and O–H groups in total. The van der Waals surface area contributed by atoms with Crippen molar-refractivity contribution in [3.05, 3.63) is 24.3 Å². The Labute approximate surface area is 149 Å². The number of ether oxygens (including phenoxy) is 6. The Bertz CT molecular complexity index is 417. The number of hydrogen-bond acceptors (Lipinski definition) is 6. The van der Waals surface area contributed by atoms with Gasteiger partial charge >= 0.3 is 0 Å². The summed E-state index contributed by atoms with van der Waals surface area (Å²) in [5.74, 6) is 0. The Morgan fingerprint density at radius 1 is 0.625 bits per heavy atom. The normalized spacial score (nSPS) is 13.6. The van der Waals surface area contributed by atoms with Crippen LogP contribution >= 0.6 is 0 Å². The molecule has 1 aromatic carbocycles. The van der Waals surface area contributed by atoms with Crippen molar-refractivity contribution in [3.8, 4) is 0 Å². The molecule has 0 aromatic heterocycles. The third-order valence-corrected chi connectivity index (χ3v) is 8.59. The fourth-order valence-electron chi connectivity index (χ4n) is 2.63. The fourth-order valence-corrected chi connectivity index (χ4v) is 6.01. The quantitative estimate of drug-likeness (QED) is 0.327. The first kappa shape index (κ1) is 21.5. The van der Waals surface area contributed by atoms with E-state index in [1.807, 2.05) is 0 Å². The van der Waals surface area contributed by atoms with Gasteiger partial charge in [-0.05, 0) is 0 Å². The predicted octanol–water partition coefficient (Wildman–Crippen LogP) is -1.54. The molecule has 1 aromatic rings. The summed E-state index contributed by atoms with van der Waals surface area (Å²) < 4.78 is 32.8. The Morgan fingerprint density at radius 2 is 0.917 bits per heavy atom. The first-order chi connectivity index (χ1) is 11.5. The van der Waals surface area contributed by atoms with Crippen molar-refractivity contribution in [3.63, 3.8) is 0 Å². The second kappa shape index (κ2) is 10.4. The van der Waals surface area contributed by atoms with Crippen molar-refractivity contribution in [2.24, 2.45) is 0 Å². The SMILES string of the molecule is COCC(OC)(OC)[SiH2]c1ccc([SiH2]C(COC)(OC)OC)cc1. The van der Waals surface area contributed by atoms with Gasteiger partial charge in [0.25, 0.3) is 0 Å². The number of methoxy groups -OCH3 is 6. The van der Waals surface area contributed by atoms with Gasteiger partial charge in [0.15, 0.2) is 10.8 Å². The molecule has 0 unspecified atom stereocenters. The zero-order valence-corrected chi connectivity index (χ0v) is 18.4. The minimum absolute atomic E-state index is 0.424. The first-order valence-corrected chi connectivity index (χ1v) is 10.6. The molecule has 1 rings (SSSR count). The molecule has 0 aliphatic carbocycles. The van der Waals surface area contributed by atoms with Crippen LogP contribution in [0.5, 0.6) is 0 Å².